The zero-order valence-corrected chi connectivity index (χ0v) is 11.6. The lowest BCUT2D eigenvalue weighted by Crippen LogP contribution is -2.40. The van der Waals surface area contributed by atoms with Crippen LogP contribution in [0.15, 0.2) is 6.07 Å². The second kappa shape index (κ2) is 6.95. The molecule has 0 saturated carbocycles. The molecule has 1 rings (SSSR count). The minimum absolute atomic E-state index is 0.259. The fourth-order valence-electron chi connectivity index (χ4n) is 1.48. The normalized spacial score (nSPS) is 9.94. The van der Waals surface area contributed by atoms with Crippen molar-refractivity contribution in [2.75, 3.05) is 13.2 Å². The summed E-state index contributed by atoms with van der Waals surface area (Å²) >= 11 is 4.95. The van der Waals surface area contributed by atoms with Crippen molar-refractivity contribution in [1.29, 1.82) is 0 Å². The molecule has 0 aliphatic rings. The Balaban J connectivity index is 2.27. The van der Waals surface area contributed by atoms with E-state index in [2.05, 4.69) is 15.7 Å². The molecule has 0 fully saturated rings. The molecule has 0 atom stereocenters. The Labute approximate surface area is 112 Å². The molecule has 0 radical (unpaired) electrons. The second-order valence-corrected chi connectivity index (χ2v) is 4.16. The molecule has 0 spiro atoms. The summed E-state index contributed by atoms with van der Waals surface area (Å²) in [4.78, 5) is 11.1. The molecule has 18 heavy (non-hydrogen) atoms. The van der Waals surface area contributed by atoms with Gasteiger partial charge in [-0.25, -0.2) is 4.79 Å². The summed E-state index contributed by atoms with van der Waals surface area (Å²) < 4.78 is 6.59. The number of carbonyl (C=O) groups is 1. The number of hydrogen-bond acceptors (Lipinski definition) is 4. The third-order valence-electron chi connectivity index (χ3n) is 2.20. The molecule has 0 aromatic carbocycles. The summed E-state index contributed by atoms with van der Waals surface area (Å²) in [5.74, 6) is 0. The van der Waals surface area contributed by atoms with E-state index in [9.17, 15) is 4.79 Å². The molecule has 0 aliphatic heterocycles. The maximum Gasteiger partial charge on any atom is 0.413 e. The van der Waals surface area contributed by atoms with Crippen LogP contribution in [-0.4, -0.2) is 34.1 Å². The van der Waals surface area contributed by atoms with Crippen LogP contribution in [-0.2, 0) is 11.3 Å². The fraction of sp³-hybridized carbons (Fsp3) is 0.545. The highest BCUT2D eigenvalue weighted by Gasteiger charge is 2.04. The van der Waals surface area contributed by atoms with E-state index in [0.717, 1.165) is 11.4 Å². The number of nitrogens with one attached hydrogen (secondary N) is 2. The molecular weight excluding hydrogens is 252 g/mol. The van der Waals surface area contributed by atoms with Gasteiger partial charge in [-0.3, -0.25) is 10.00 Å². The van der Waals surface area contributed by atoms with Gasteiger partial charge in [0.1, 0.15) is 0 Å². The molecular formula is C11H18N4O2S. The smallest absolute Gasteiger partial charge is 0.413 e. The summed E-state index contributed by atoms with van der Waals surface area (Å²) in [7, 11) is 0. The van der Waals surface area contributed by atoms with Gasteiger partial charge in [0, 0.05) is 12.2 Å². The Morgan fingerprint density at radius 1 is 1.56 bits per heavy atom. The second-order valence-electron chi connectivity index (χ2n) is 3.75. The van der Waals surface area contributed by atoms with Crippen LogP contribution in [0.25, 0.3) is 0 Å². The number of aromatic nitrogens is 2. The first-order valence-corrected chi connectivity index (χ1v) is 6.16. The maximum atomic E-state index is 11.1. The predicted molar refractivity (Wildman–Crippen MR) is 72.5 cm³/mol. The van der Waals surface area contributed by atoms with Crippen LogP contribution in [0.3, 0.4) is 0 Å². The largest absolute Gasteiger partial charge is 0.450 e. The highest BCUT2D eigenvalue weighted by molar-refractivity contribution is 7.80. The first-order valence-electron chi connectivity index (χ1n) is 5.75. The van der Waals surface area contributed by atoms with Gasteiger partial charge < -0.3 is 10.1 Å². The number of nitrogens with zero attached hydrogens (tertiary/aromatic N) is 2. The third kappa shape index (κ3) is 4.70. The van der Waals surface area contributed by atoms with Crippen LogP contribution >= 0.6 is 12.2 Å². The molecule has 6 nitrogen and oxygen atoms in total. The predicted octanol–water partition coefficient (Wildman–Crippen LogP) is 1.12. The maximum absolute atomic E-state index is 11.1. The first kappa shape index (κ1) is 14.4. The van der Waals surface area contributed by atoms with Crippen LogP contribution in [0.2, 0.25) is 0 Å². The quantitative estimate of drug-likeness (QED) is 0.803. The average molecular weight is 270 g/mol. The number of rotatable bonds is 4. The van der Waals surface area contributed by atoms with E-state index < -0.39 is 6.09 Å². The lowest BCUT2D eigenvalue weighted by atomic mass is 10.4. The number of aryl methyl sites for hydroxylation is 2. The summed E-state index contributed by atoms with van der Waals surface area (Å²) in [6, 6.07) is 2.01. The highest BCUT2D eigenvalue weighted by atomic mass is 32.1. The summed E-state index contributed by atoms with van der Waals surface area (Å²) in [6.07, 6.45) is -0.541. The SMILES string of the molecule is CCOC(=O)NC(=S)NCCn1nc(C)cc1C. The molecule has 1 aromatic rings. The molecule has 2 N–H and O–H groups in total. The number of amides is 1. The summed E-state index contributed by atoms with van der Waals surface area (Å²) in [5.41, 5.74) is 2.08. The molecule has 7 heteroatoms. The van der Waals surface area contributed by atoms with Crippen molar-refractivity contribution in [3.63, 3.8) is 0 Å². The van der Waals surface area contributed by atoms with E-state index in [4.69, 9.17) is 17.0 Å². The molecule has 0 aliphatic carbocycles. The monoisotopic (exact) mass is 270 g/mol. The molecule has 0 bridgehead atoms. The van der Waals surface area contributed by atoms with Crippen molar-refractivity contribution in [3.05, 3.63) is 17.5 Å². The van der Waals surface area contributed by atoms with Gasteiger partial charge in [0.25, 0.3) is 0 Å². The van der Waals surface area contributed by atoms with Gasteiger partial charge in [-0.05, 0) is 39.1 Å². The summed E-state index contributed by atoms with van der Waals surface area (Å²) in [6.45, 7) is 7.27. The van der Waals surface area contributed by atoms with Crippen LogP contribution in [0, 0.1) is 13.8 Å². The molecule has 1 heterocycles. The van der Waals surface area contributed by atoms with Gasteiger partial charge >= 0.3 is 6.09 Å². The van der Waals surface area contributed by atoms with Gasteiger partial charge in [0.15, 0.2) is 5.11 Å². The third-order valence-corrected chi connectivity index (χ3v) is 2.45. The van der Waals surface area contributed by atoms with Crippen LogP contribution in [0.4, 0.5) is 4.79 Å². The van der Waals surface area contributed by atoms with E-state index in [1.54, 1.807) is 6.92 Å². The fourth-order valence-corrected chi connectivity index (χ4v) is 1.67. The van der Waals surface area contributed by atoms with E-state index in [1.165, 1.54) is 0 Å². The van der Waals surface area contributed by atoms with E-state index in [-0.39, 0.29) is 5.11 Å². The molecule has 100 valence electrons. The lowest BCUT2D eigenvalue weighted by Gasteiger charge is -2.10. The summed E-state index contributed by atoms with van der Waals surface area (Å²) in [5, 5.41) is 9.91. The number of ether oxygens (including phenoxy) is 1. The first-order chi connectivity index (χ1) is 8.52. The van der Waals surface area contributed by atoms with E-state index >= 15 is 0 Å². The minimum Gasteiger partial charge on any atom is -0.450 e. The number of thiocarbonyl (C=S) groups is 1. The Morgan fingerprint density at radius 2 is 2.28 bits per heavy atom. The van der Waals surface area contributed by atoms with Gasteiger partial charge in [-0.2, -0.15) is 5.10 Å². The lowest BCUT2D eigenvalue weighted by molar-refractivity contribution is 0.157. The molecule has 1 aromatic heterocycles. The van der Waals surface area contributed by atoms with Gasteiger partial charge in [-0.15, -0.1) is 0 Å². The minimum atomic E-state index is -0.541. The van der Waals surface area contributed by atoms with Crippen LogP contribution < -0.4 is 10.6 Å². The molecule has 1 amide bonds. The average Bonchev–Trinajstić information content (AvgIpc) is 2.57. The van der Waals surface area contributed by atoms with E-state index in [0.29, 0.717) is 19.7 Å². The van der Waals surface area contributed by atoms with Crippen LogP contribution in [0.1, 0.15) is 18.3 Å². The highest BCUT2D eigenvalue weighted by Crippen LogP contribution is 2.00. The Morgan fingerprint density at radius 3 is 2.83 bits per heavy atom. The zero-order chi connectivity index (χ0) is 13.5. The standard InChI is InChI=1S/C11H18N4O2S/c1-4-17-11(16)13-10(18)12-5-6-15-9(3)7-8(2)14-15/h7H,4-6H2,1-3H3,(H2,12,13,16,18). The van der Waals surface area contributed by atoms with Gasteiger partial charge in [0.2, 0.25) is 0 Å². The van der Waals surface area contributed by atoms with Crippen molar-refractivity contribution in [3.8, 4) is 0 Å². The Hall–Kier alpha value is -1.63. The van der Waals surface area contributed by atoms with Gasteiger partial charge in [0.05, 0.1) is 18.8 Å². The number of alkyl carbamates (subject to hydrolysis) is 1. The van der Waals surface area contributed by atoms with Gasteiger partial charge in [-0.1, -0.05) is 0 Å². The number of hydrogen-bond donors (Lipinski definition) is 2. The zero-order valence-electron chi connectivity index (χ0n) is 10.8. The van der Waals surface area contributed by atoms with Crippen molar-refractivity contribution in [2.24, 2.45) is 0 Å². The van der Waals surface area contributed by atoms with Crippen molar-refractivity contribution in [1.82, 2.24) is 20.4 Å². The van der Waals surface area contributed by atoms with E-state index in [1.807, 2.05) is 24.6 Å². The molecule has 0 saturated heterocycles. The molecule has 0 unspecified atom stereocenters. The van der Waals surface area contributed by atoms with Crippen molar-refractivity contribution >= 4 is 23.4 Å². The van der Waals surface area contributed by atoms with Crippen molar-refractivity contribution < 1.29 is 9.53 Å². The Bertz CT molecular complexity index is 431. The topological polar surface area (TPSA) is 68.2 Å². The van der Waals surface area contributed by atoms with Crippen LogP contribution in [0.5, 0.6) is 0 Å². The number of carbonyl (C=O) groups excluding carboxylic acids is 1. The Kier molecular flexibility index (Phi) is 5.57. The van der Waals surface area contributed by atoms with Crippen molar-refractivity contribution in [2.45, 2.75) is 27.3 Å².